The topological polar surface area (TPSA) is 72.8 Å². The molecule has 1 aliphatic rings. The van der Waals surface area contributed by atoms with Gasteiger partial charge >= 0.3 is 0 Å². The zero-order valence-electron chi connectivity index (χ0n) is 16.1. The van der Waals surface area contributed by atoms with Crippen LogP contribution in [-0.4, -0.2) is 26.6 Å². The average Bonchev–Trinajstić information content (AvgIpc) is 2.92. The molecule has 1 N–H and O–H groups in total. The third-order valence-electron chi connectivity index (χ3n) is 5.59. The van der Waals surface area contributed by atoms with Crippen LogP contribution in [0.4, 0.5) is 4.39 Å². The van der Waals surface area contributed by atoms with Crippen molar-refractivity contribution in [2.24, 2.45) is 0 Å². The van der Waals surface area contributed by atoms with Gasteiger partial charge in [-0.05, 0) is 37.0 Å². The first-order valence-electron chi connectivity index (χ1n) is 9.93. The number of methoxy groups -OCH3 is 1. The summed E-state index contributed by atoms with van der Waals surface area (Å²) in [5.41, 5.74) is 1.77. The Morgan fingerprint density at radius 1 is 1.25 bits per heavy atom. The summed E-state index contributed by atoms with van der Waals surface area (Å²) in [6.45, 7) is 0.603. The van der Waals surface area contributed by atoms with E-state index in [1.807, 2.05) is 4.57 Å². The summed E-state index contributed by atoms with van der Waals surface area (Å²) in [4.78, 5) is 24.5. The lowest BCUT2D eigenvalue weighted by molar-refractivity contribution is 0.386. The van der Waals surface area contributed by atoms with Crippen LogP contribution in [0.3, 0.4) is 0 Å². The molecule has 6 nitrogen and oxygen atoms in total. The lowest BCUT2D eigenvalue weighted by Crippen LogP contribution is -2.16. The number of rotatable bonds is 5. The van der Waals surface area contributed by atoms with Crippen molar-refractivity contribution in [3.63, 3.8) is 0 Å². The van der Waals surface area contributed by atoms with E-state index in [4.69, 9.17) is 9.72 Å². The standard InChI is InChI=1S/C21H25FN4O2/c1-28-17-12-14(8-9-16(17)22)10-11-26-13-23-18-20(26)24-19(25-21(18)27)15-6-4-2-3-5-7-15/h8-9,12-13,15H,2-7,10-11H2,1H3,(H,24,25,27). The minimum atomic E-state index is -0.374. The van der Waals surface area contributed by atoms with E-state index in [0.717, 1.165) is 24.2 Å². The molecule has 3 aromatic rings. The lowest BCUT2D eigenvalue weighted by Gasteiger charge is -2.13. The molecular weight excluding hydrogens is 359 g/mol. The summed E-state index contributed by atoms with van der Waals surface area (Å²) in [5, 5.41) is 0. The van der Waals surface area contributed by atoms with Crippen LogP contribution < -0.4 is 10.3 Å². The molecule has 0 saturated heterocycles. The molecule has 0 amide bonds. The first-order valence-corrected chi connectivity index (χ1v) is 9.93. The number of imidazole rings is 1. The quantitative estimate of drug-likeness (QED) is 0.676. The normalized spacial score (nSPS) is 15.6. The Bertz CT molecular complexity index is 1020. The summed E-state index contributed by atoms with van der Waals surface area (Å²) in [6.07, 6.45) is 9.32. The van der Waals surface area contributed by atoms with Gasteiger partial charge in [-0.1, -0.05) is 31.7 Å². The maximum absolute atomic E-state index is 13.6. The van der Waals surface area contributed by atoms with Gasteiger partial charge in [0.2, 0.25) is 0 Å². The zero-order chi connectivity index (χ0) is 19.5. The van der Waals surface area contributed by atoms with E-state index in [-0.39, 0.29) is 17.1 Å². The summed E-state index contributed by atoms with van der Waals surface area (Å²) in [5.74, 6) is 0.952. The highest BCUT2D eigenvalue weighted by molar-refractivity contribution is 5.69. The van der Waals surface area contributed by atoms with Gasteiger partial charge in [0.15, 0.2) is 22.7 Å². The number of aromatic amines is 1. The van der Waals surface area contributed by atoms with Crippen LogP contribution in [0.25, 0.3) is 11.2 Å². The number of nitrogens with zero attached hydrogens (tertiary/aromatic N) is 3. The van der Waals surface area contributed by atoms with Crippen molar-refractivity contribution in [2.45, 2.75) is 57.4 Å². The molecule has 0 unspecified atom stereocenters. The Morgan fingerprint density at radius 2 is 2.04 bits per heavy atom. The zero-order valence-corrected chi connectivity index (χ0v) is 16.1. The van der Waals surface area contributed by atoms with Gasteiger partial charge in [-0.25, -0.2) is 14.4 Å². The molecule has 0 atom stereocenters. The molecule has 1 fully saturated rings. The predicted octanol–water partition coefficient (Wildman–Crippen LogP) is 3.95. The highest BCUT2D eigenvalue weighted by Crippen LogP contribution is 2.29. The fraction of sp³-hybridized carbons (Fsp3) is 0.476. The van der Waals surface area contributed by atoms with E-state index in [9.17, 15) is 9.18 Å². The van der Waals surface area contributed by atoms with E-state index < -0.39 is 0 Å². The van der Waals surface area contributed by atoms with Gasteiger partial charge in [0.25, 0.3) is 5.56 Å². The third kappa shape index (κ3) is 3.79. The molecule has 0 spiro atoms. The number of nitrogens with one attached hydrogen (secondary N) is 1. The summed E-state index contributed by atoms with van der Waals surface area (Å²) in [7, 11) is 1.46. The van der Waals surface area contributed by atoms with Gasteiger partial charge in [-0.2, -0.15) is 0 Å². The van der Waals surface area contributed by atoms with Crippen molar-refractivity contribution in [3.8, 4) is 5.75 Å². The molecule has 1 aromatic carbocycles. The summed E-state index contributed by atoms with van der Waals surface area (Å²) < 4.78 is 20.6. The van der Waals surface area contributed by atoms with Crippen molar-refractivity contribution in [3.05, 3.63) is 52.1 Å². The van der Waals surface area contributed by atoms with Crippen LogP contribution in [0.1, 0.15) is 55.8 Å². The molecule has 28 heavy (non-hydrogen) atoms. The molecule has 2 aromatic heterocycles. The van der Waals surface area contributed by atoms with E-state index in [0.29, 0.717) is 30.0 Å². The van der Waals surface area contributed by atoms with Gasteiger partial charge in [-0.15, -0.1) is 0 Å². The van der Waals surface area contributed by atoms with Crippen LogP contribution in [-0.2, 0) is 13.0 Å². The van der Waals surface area contributed by atoms with Crippen molar-refractivity contribution < 1.29 is 9.13 Å². The van der Waals surface area contributed by atoms with Crippen LogP contribution in [0, 0.1) is 5.82 Å². The monoisotopic (exact) mass is 384 g/mol. The average molecular weight is 384 g/mol. The van der Waals surface area contributed by atoms with E-state index in [1.54, 1.807) is 18.5 Å². The Balaban J connectivity index is 1.60. The van der Waals surface area contributed by atoms with Gasteiger partial charge < -0.3 is 14.3 Å². The van der Waals surface area contributed by atoms with Crippen molar-refractivity contribution in [2.75, 3.05) is 7.11 Å². The number of benzene rings is 1. The number of ether oxygens (including phenoxy) is 1. The first kappa shape index (κ1) is 18.7. The number of hydrogen-bond acceptors (Lipinski definition) is 4. The number of halogens is 1. The van der Waals surface area contributed by atoms with Crippen molar-refractivity contribution >= 4 is 11.2 Å². The molecule has 0 radical (unpaired) electrons. The number of hydrogen-bond donors (Lipinski definition) is 1. The number of aromatic nitrogens is 4. The second kappa shape index (κ2) is 8.12. The Hall–Kier alpha value is -2.70. The SMILES string of the molecule is COc1cc(CCn2cnc3c(=O)[nH]c(C4CCCCCC4)nc32)ccc1F. The largest absolute Gasteiger partial charge is 0.494 e. The van der Waals surface area contributed by atoms with Crippen LogP contribution in [0.2, 0.25) is 0 Å². The predicted molar refractivity (Wildman–Crippen MR) is 105 cm³/mol. The molecular formula is C21H25FN4O2. The van der Waals surface area contributed by atoms with Gasteiger partial charge in [0.05, 0.1) is 13.4 Å². The molecule has 1 aliphatic carbocycles. The first-order chi connectivity index (χ1) is 13.7. The Morgan fingerprint density at radius 3 is 2.79 bits per heavy atom. The summed E-state index contributed by atoms with van der Waals surface area (Å²) in [6, 6.07) is 4.85. The molecule has 148 valence electrons. The molecule has 4 rings (SSSR count). The van der Waals surface area contributed by atoms with Crippen molar-refractivity contribution in [1.29, 1.82) is 0 Å². The third-order valence-corrected chi connectivity index (χ3v) is 5.59. The smallest absolute Gasteiger partial charge is 0.279 e. The van der Waals surface area contributed by atoms with Crippen LogP contribution in [0.15, 0.2) is 29.3 Å². The molecule has 0 bridgehead atoms. The second-order valence-corrected chi connectivity index (χ2v) is 7.47. The molecule has 2 heterocycles. The molecule has 0 aliphatic heterocycles. The van der Waals surface area contributed by atoms with Gasteiger partial charge in [-0.3, -0.25) is 4.79 Å². The number of fused-ring (bicyclic) bond motifs is 1. The highest BCUT2D eigenvalue weighted by Gasteiger charge is 2.19. The maximum Gasteiger partial charge on any atom is 0.279 e. The van der Waals surface area contributed by atoms with Gasteiger partial charge in [0, 0.05) is 12.5 Å². The van der Waals surface area contributed by atoms with Crippen molar-refractivity contribution in [1.82, 2.24) is 19.5 Å². The fourth-order valence-corrected chi connectivity index (χ4v) is 3.99. The highest BCUT2D eigenvalue weighted by atomic mass is 19.1. The minimum Gasteiger partial charge on any atom is -0.494 e. The van der Waals surface area contributed by atoms with E-state index >= 15 is 0 Å². The number of H-pyrrole nitrogens is 1. The molecule has 7 heteroatoms. The Labute approximate surface area is 162 Å². The second-order valence-electron chi connectivity index (χ2n) is 7.47. The van der Waals surface area contributed by atoms with Crippen LogP contribution in [0.5, 0.6) is 5.75 Å². The number of aryl methyl sites for hydroxylation is 2. The lowest BCUT2D eigenvalue weighted by atomic mass is 9.99. The summed E-state index contributed by atoms with van der Waals surface area (Å²) >= 11 is 0. The maximum atomic E-state index is 13.6. The minimum absolute atomic E-state index is 0.175. The Kier molecular flexibility index (Phi) is 5.41. The fourth-order valence-electron chi connectivity index (χ4n) is 3.99. The van der Waals surface area contributed by atoms with Crippen LogP contribution >= 0.6 is 0 Å². The van der Waals surface area contributed by atoms with E-state index in [1.165, 1.54) is 38.9 Å². The molecule has 1 saturated carbocycles. The van der Waals surface area contributed by atoms with E-state index in [2.05, 4.69) is 9.97 Å². The van der Waals surface area contributed by atoms with Gasteiger partial charge in [0.1, 0.15) is 5.82 Å².